The Hall–Kier alpha value is -1.86. The van der Waals surface area contributed by atoms with E-state index >= 15 is 0 Å². The second-order valence-electron chi connectivity index (χ2n) is 6.88. The number of hydrogen-bond acceptors (Lipinski definition) is 3. The zero-order chi connectivity index (χ0) is 21.4. The first kappa shape index (κ1) is 23.4. The summed E-state index contributed by atoms with van der Waals surface area (Å²) < 4.78 is 7.53. The maximum absolute atomic E-state index is 13.0. The van der Waals surface area contributed by atoms with Crippen LogP contribution in [0.2, 0.25) is 0 Å². The van der Waals surface area contributed by atoms with E-state index in [-0.39, 0.29) is 24.5 Å². The third-order valence-corrected chi connectivity index (χ3v) is 5.67. The fraction of sp³-hybridized carbons (Fsp3) is 0.364. The Kier molecular flexibility index (Phi) is 9.17. The van der Waals surface area contributed by atoms with E-state index in [1.165, 1.54) is 0 Å². The normalized spacial score (nSPS) is 12.7. The van der Waals surface area contributed by atoms with Crippen LogP contribution in [0.5, 0.6) is 5.75 Å². The fourth-order valence-corrected chi connectivity index (χ4v) is 3.12. The Balaban J connectivity index is 2.13. The van der Waals surface area contributed by atoms with Crippen LogP contribution in [0.25, 0.3) is 0 Å². The fourth-order valence-electron chi connectivity index (χ4n) is 2.59. The predicted octanol–water partition coefficient (Wildman–Crippen LogP) is 4.92. The highest BCUT2D eigenvalue weighted by molar-refractivity contribution is 9.10. The molecular formula is C22H26Br2N2O3. The molecule has 0 aromatic heterocycles. The highest BCUT2D eigenvalue weighted by Crippen LogP contribution is 2.17. The lowest BCUT2D eigenvalue weighted by molar-refractivity contribution is -0.142. The molecule has 1 N–H and O–H groups in total. The number of carbonyl (C=O) groups excluding carboxylic acids is 2. The molecule has 2 amide bonds. The minimum absolute atomic E-state index is 0.0496. The van der Waals surface area contributed by atoms with Crippen LogP contribution < -0.4 is 10.1 Å². The van der Waals surface area contributed by atoms with Crippen LogP contribution in [0.4, 0.5) is 0 Å². The molecule has 0 radical (unpaired) electrons. The van der Waals surface area contributed by atoms with E-state index in [1.807, 2.05) is 50.2 Å². The summed E-state index contributed by atoms with van der Waals surface area (Å²) in [7, 11) is 0. The molecule has 2 atom stereocenters. The zero-order valence-corrected chi connectivity index (χ0v) is 20.0. The summed E-state index contributed by atoms with van der Waals surface area (Å²) in [5, 5.41) is 2.95. The van der Waals surface area contributed by atoms with Crippen molar-refractivity contribution in [1.82, 2.24) is 10.2 Å². The largest absolute Gasteiger partial charge is 0.484 e. The van der Waals surface area contributed by atoms with Gasteiger partial charge in [0.15, 0.2) is 6.61 Å². The predicted molar refractivity (Wildman–Crippen MR) is 122 cm³/mol. The van der Waals surface area contributed by atoms with Gasteiger partial charge in [-0.05, 0) is 62.2 Å². The summed E-state index contributed by atoms with van der Waals surface area (Å²) in [6.45, 7) is 5.88. The molecule has 2 aromatic rings. The summed E-state index contributed by atoms with van der Waals surface area (Å²) >= 11 is 6.79. The Morgan fingerprint density at radius 3 is 2.10 bits per heavy atom. The highest BCUT2D eigenvalue weighted by atomic mass is 79.9. The Morgan fingerprint density at radius 2 is 1.55 bits per heavy atom. The molecule has 0 spiro atoms. The number of carbonyl (C=O) groups is 2. The lowest BCUT2D eigenvalue weighted by atomic mass is 10.1. The first-order chi connectivity index (χ1) is 13.8. The molecule has 0 bridgehead atoms. The molecule has 2 unspecified atom stereocenters. The van der Waals surface area contributed by atoms with Crippen LogP contribution in [0.3, 0.4) is 0 Å². The third kappa shape index (κ3) is 7.48. The van der Waals surface area contributed by atoms with Gasteiger partial charge in [0.25, 0.3) is 5.91 Å². The van der Waals surface area contributed by atoms with Gasteiger partial charge in [0.2, 0.25) is 5.91 Å². The van der Waals surface area contributed by atoms with Gasteiger partial charge in [-0.2, -0.15) is 0 Å². The first-order valence-corrected chi connectivity index (χ1v) is 11.1. The minimum Gasteiger partial charge on any atom is -0.484 e. The molecule has 29 heavy (non-hydrogen) atoms. The molecule has 0 saturated heterocycles. The molecule has 0 heterocycles. The quantitative estimate of drug-likeness (QED) is 0.505. The lowest BCUT2D eigenvalue weighted by Gasteiger charge is -2.29. The summed E-state index contributed by atoms with van der Waals surface area (Å²) in [4.78, 5) is 27.2. The van der Waals surface area contributed by atoms with Crippen LogP contribution in [-0.4, -0.2) is 35.4 Å². The summed E-state index contributed by atoms with van der Waals surface area (Å²) in [6, 6.07) is 14.4. The number of rotatable bonds is 9. The number of hydrogen-bond donors (Lipinski definition) is 1. The van der Waals surface area contributed by atoms with Gasteiger partial charge in [0.05, 0.1) is 0 Å². The Morgan fingerprint density at radius 1 is 1.00 bits per heavy atom. The van der Waals surface area contributed by atoms with Crippen LogP contribution in [0.1, 0.15) is 32.8 Å². The maximum atomic E-state index is 13.0. The maximum Gasteiger partial charge on any atom is 0.261 e. The molecule has 0 fully saturated rings. The molecule has 0 aliphatic carbocycles. The van der Waals surface area contributed by atoms with Crippen molar-refractivity contribution >= 4 is 43.7 Å². The van der Waals surface area contributed by atoms with E-state index < -0.39 is 6.04 Å². The zero-order valence-electron chi connectivity index (χ0n) is 16.8. The molecule has 0 aliphatic rings. The molecule has 2 aromatic carbocycles. The van der Waals surface area contributed by atoms with Gasteiger partial charge in [-0.1, -0.05) is 50.9 Å². The average Bonchev–Trinajstić information content (AvgIpc) is 2.72. The summed E-state index contributed by atoms with van der Waals surface area (Å²) in [5.74, 6) is 0.179. The summed E-state index contributed by atoms with van der Waals surface area (Å²) in [6.07, 6.45) is 0.825. The SMILES string of the molecule is CCC(C)NC(=O)C(C)N(Cc1ccc(Br)cc1)C(=O)COc1ccc(Br)cc1. The molecule has 7 heteroatoms. The first-order valence-electron chi connectivity index (χ1n) is 9.52. The number of nitrogens with one attached hydrogen (secondary N) is 1. The number of nitrogens with zero attached hydrogens (tertiary/aromatic N) is 1. The van der Waals surface area contributed by atoms with Crippen LogP contribution in [0.15, 0.2) is 57.5 Å². The van der Waals surface area contributed by atoms with Gasteiger partial charge in [-0.15, -0.1) is 0 Å². The monoisotopic (exact) mass is 524 g/mol. The minimum atomic E-state index is -0.617. The van der Waals surface area contributed by atoms with E-state index in [2.05, 4.69) is 37.2 Å². The van der Waals surface area contributed by atoms with Gasteiger partial charge < -0.3 is 15.0 Å². The van der Waals surface area contributed by atoms with Crippen molar-refractivity contribution in [2.75, 3.05) is 6.61 Å². The van der Waals surface area contributed by atoms with Gasteiger partial charge in [-0.3, -0.25) is 9.59 Å². The lowest BCUT2D eigenvalue weighted by Crippen LogP contribution is -2.50. The Bertz CT molecular complexity index is 810. The van der Waals surface area contributed by atoms with Crippen LogP contribution >= 0.6 is 31.9 Å². The van der Waals surface area contributed by atoms with Gasteiger partial charge >= 0.3 is 0 Å². The van der Waals surface area contributed by atoms with E-state index in [0.29, 0.717) is 12.3 Å². The van der Waals surface area contributed by atoms with E-state index in [0.717, 1.165) is 20.9 Å². The second-order valence-corrected chi connectivity index (χ2v) is 8.72. The average molecular weight is 526 g/mol. The van der Waals surface area contributed by atoms with Crippen molar-refractivity contribution in [1.29, 1.82) is 0 Å². The smallest absolute Gasteiger partial charge is 0.261 e. The number of amides is 2. The van der Waals surface area contributed by atoms with Gasteiger partial charge in [0.1, 0.15) is 11.8 Å². The second kappa shape index (κ2) is 11.4. The number of ether oxygens (including phenoxy) is 1. The molecule has 0 saturated carbocycles. The molecule has 156 valence electrons. The van der Waals surface area contributed by atoms with Crippen molar-refractivity contribution in [3.8, 4) is 5.75 Å². The topological polar surface area (TPSA) is 58.6 Å². The standard InChI is InChI=1S/C22H26Br2N2O3/c1-4-15(2)25-22(28)16(3)26(13-17-5-7-18(23)8-6-17)21(27)14-29-20-11-9-19(24)10-12-20/h5-12,15-16H,4,13-14H2,1-3H3,(H,25,28). The van der Waals surface area contributed by atoms with Crippen molar-refractivity contribution < 1.29 is 14.3 Å². The van der Waals surface area contributed by atoms with Gasteiger partial charge in [0, 0.05) is 21.5 Å². The van der Waals surface area contributed by atoms with Crippen LogP contribution in [-0.2, 0) is 16.1 Å². The van der Waals surface area contributed by atoms with E-state index in [9.17, 15) is 9.59 Å². The highest BCUT2D eigenvalue weighted by Gasteiger charge is 2.27. The van der Waals surface area contributed by atoms with Crippen molar-refractivity contribution in [2.24, 2.45) is 0 Å². The molecule has 5 nitrogen and oxygen atoms in total. The molecule has 0 aliphatic heterocycles. The third-order valence-electron chi connectivity index (χ3n) is 4.61. The summed E-state index contributed by atoms with van der Waals surface area (Å²) in [5.41, 5.74) is 0.938. The Labute approximate surface area is 189 Å². The van der Waals surface area contributed by atoms with Crippen molar-refractivity contribution in [3.05, 3.63) is 63.0 Å². The van der Waals surface area contributed by atoms with Crippen molar-refractivity contribution in [3.63, 3.8) is 0 Å². The van der Waals surface area contributed by atoms with Gasteiger partial charge in [-0.25, -0.2) is 0 Å². The molecular weight excluding hydrogens is 500 g/mol. The van der Waals surface area contributed by atoms with Crippen LogP contribution in [0, 0.1) is 0 Å². The van der Waals surface area contributed by atoms with E-state index in [1.54, 1.807) is 24.0 Å². The van der Waals surface area contributed by atoms with E-state index in [4.69, 9.17) is 4.74 Å². The van der Waals surface area contributed by atoms with Crippen molar-refractivity contribution in [2.45, 2.75) is 45.8 Å². The number of halogens is 2. The number of benzene rings is 2. The molecule has 2 rings (SSSR count).